The van der Waals surface area contributed by atoms with E-state index in [-0.39, 0.29) is 9.77 Å². The van der Waals surface area contributed by atoms with Crippen molar-refractivity contribution in [2.45, 2.75) is 11.4 Å². The maximum atomic E-state index is 12.1. The van der Waals surface area contributed by atoms with Crippen LogP contribution in [0.4, 0.5) is 5.69 Å². The lowest BCUT2D eigenvalue weighted by molar-refractivity contribution is 0.0702. The van der Waals surface area contributed by atoms with Crippen LogP contribution < -0.4 is 4.72 Å². The Bertz CT molecular complexity index is 735. The highest BCUT2D eigenvalue weighted by Crippen LogP contribution is 2.21. The smallest absolute Gasteiger partial charge is 0.345 e. The number of carboxylic acids is 1. The third-order valence-corrected chi connectivity index (χ3v) is 4.93. The lowest BCUT2D eigenvalue weighted by Crippen LogP contribution is -2.12. The Hall–Kier alpha value is -1.91. The number of carboxylic acid groups (broad SMARTS) is 1. The molecule has 0 atom stereocenters. The summed E-state index contributed by atoms with van der Waals surface area (Å²) in [4.78, 5) is 10.6. The summed E-state index contributed by atoms with van der Waals surface area (Å²) in [5, 5.41) is 14.1. The van der Waals surface area contributed by atoms with Crippen molar-refractivity contribution < 1.29 is 23.1 Å². The van der Waals surface area contributed by atoms with Gasteiger partial charge in [0.05, 0.1) is 29.9 Å². The van der Waals surface area contributed by atoms with E-state index < -0.39 is 16.0 Å². The summed E-state index contributed by atoms with van der Waals surface area (Å²) in [6.45, 7) is 0.959. The molecule has 0 amide bonds. The van der Waals surface area contributed by atoms with Crippen LogP contribution in [0.25, 0.3) is 0 Å². The van der Waals surface area contributed by atoms with Crippen molar-refractivity contribution in [3.63, 3.8) is 0 Å². The van der Waals surface area contributed by atoms with Crippen molar-refractivity contribution in [2.24, 2.45) is 0 Å². The van der Waals surface area contributed by atoms with Gasteiger partial charge < -0.3 is 9.84 Å². The van der Waals surface area contributed by atoms with Crippen molar-refractivity contribution in [1.82, 2.24) is 9.78 Å². The van der Waals surface area contributed by atoms with Gasteiger partial charge in [-0.25, -0.2) is 13.2 Å². The fourth-order valence-corrected chi connectivity index (χ4v) is 3.65. The third kappa shape index (κ3) is 3.80. The number of ether oxygens (including phenoxy) is 1. The molecule has 0 aliphatic heterocycles. The van der Waals surface area contributed by atoms with Gasteiger partial charge in [-0.2, -0.15) is 5.10 Å². The molecule has 0 aliphatic carbocycles. The largest absolute Gasteiger partial charge is 0.477 e. The molecule has 21 heavy (non-hydrogen) atoms. The summed E-state index contributed by atoms with van der Waals surface area (Å²) in [6, 6.07) is 1.12. The van der Waals surface area contributed by atoms with Crippen LogP contribution in [0.3, 0.4) is 0 Å². The van der Waals surface area contributed by atoms with Gasteiger partial charge in [0.25, 0.3) is 10.0 Å². The lowest BCUT2D eigenvalue weighted by atomic mass is 10.5. The van der Waals surface area contributed by atoms with Crippen LogP contribution in [0.15, 0.2) is 28.7 Å². The number of carbonyl (C=O) groups is 1. The average Bonchev–Trinajstić information content (AvgIpc) is 3.04. The number of hydrogen-bond donors (Lipinski definition) is 2. The molecule has 114 valence electrons. The minimum Gasteiger partial charge on any atom is -0.477 e. The maximum Gasteiger partial charge on any atom is 0.345 e. The van der Waals surface area contributed by atoms with Gasteiger partial charge in [-0.15, -0.1) is 11.3 Å². The summed E-state index contributed by atoms with van der Waals surface area (Å²) >= 11 is 0.855. The van der Waals surface area contributed by atoms with Crippen LogP contribution >= 0.6 is 11.3 Å². The second kappa shape index (κ2) is 6.24. The molecule has 0 radical (unpaired) electrons. The van der Waals surface area contributed by atoms with Gasteiger partial charge in [0.1, 0.15) is 4.88 Å². The molecule has 0 saturated carbocycles. The van der Waals surface area contributed by atoms with E-state index in [1.165, 1.54) is 22.5 Å². The predicted molar refractivity (Wildman–Crippen MR) is 76.2 cm³/mol. The zero-order chi connectivity index (χ0) is 15.5. The van der Waals surface area contributed by atoms with E-state index in [4.69, 9.17) is 9.84 Å². The number of rotatable bonds is 7. The van der Waals surface area contributed by atoms with Gasteiger partial charge in [0.2, 0.25) is 0 Å². The highest BCUT2D eigenvalue weighted by molar-refractivity contribution is 7.92. The van der Waals surface area contributed by atoms with Crippen LogP contribution in [0.1, 0.15) is 9.67 Å². The molecular formula is C11H13N3O5S2. The second-order valence-electron chi connectivity index (χ2n) is 4.04. The number of hydrogen-bond acceptors (Lipinski definition) is 6. The van der Waals surface area contributed by atoms with E-state index in [2.05, 4.69) is 9.82 Å². The van der Waals surface area contributed by atoms with Crippen molar-refractivity contribution in [1.29, 1.82) is 0 Å². The molecule has 0 aromatic carbocycles. The fraction of sp³-hybridized carbons (Fsp3) is 0.273. The molecule has 0 aliphatic rings. The monoisotopic (exact) mass is 331 g/mol. The van der Waals surface area contributed by atoms with Gasteiger partial charge >= 0.3 is 5.97 Å². The first kappa shape index (κ1) is 15.5. The summed E-state index contributed by atoms with van der Waals surface area (Å²) < 4.78 is 33.0. The molecule has 0 unspecified atom stereocenters. The van der Waals surface area contributed by atoms with E-state index in [0.717, 1.165) is 17.4 Å². The van der Waals surface area contributed by atoms with E-state index in [0.29, 0.717) is 18.8 Å². The number of aromatic carboxylic acids is 1. The normalized spacial score (nSPS) is 11.5. The van der Waals surface area contributed by atoms with Crippen molar-refractivity contribution in [3.8, 4) is 0 Å². The summed E-state index contributed by atoms with van der Waals surface area (Å²) in [5.74, 6) is -1.16. The Kier molecular flexibility index (Phi) is 4.60. The Balaban J connectivity index is 2.13. The van der Waals surface area contributed by atoms with Crippen LogP contribution in [0.2, 0.25) is 0 Å². The molecule has 0 bridgehead atoms. The molecule has 2 N–H and O–H groups in total. The molecule has 0 spiro atoms. The zero-order valence-electron chi connectivity index (χ0n) is 11.0. The number of nitrogens with zero attached hydrogens (tertiary/aromatic N) is 2. The Morgan fingerprint density at radius 1 is 1.57 bits per heavy atom. The molecule has 2 aromatic rings. The maximum absolute atomic E-state index is 12.1. The molecule has 2 rings (SSSR count). The van der Waals surface area contributed by atoms with Crippen LogP contribution in [0, 0.1) is 0 Å². The van der Waals surface area contributed by atoms with Gasteiger partial charge in [0.15, 0.2) is 0 Å². The first-order valence-corrected chi connectivity index (χ1v) is 8.14. The third-order valence-electron chi connectivity index (χ3n) is 2.51. The first-order chi connectivity index (χ1) is 9.92. The van der Waals surface area contributed by atoms with Gasteiger partial charge in [-0.05, 0) is 6.07 Å². The van der Waals surface area contributed by atoms with Crippen molar-refractivity contribution in [2.75, 3.05) is 18.4 Å². The highest BCUT2D eigenvalue weighted by Gasteiger charge is 2.19. The highest BCUT2D eigenvalue weighted by atomic mass is 32.2. The number of anilines is 1. The van der Waals surface area contributed by atoms with Crippen molar-refractivity contribution >= 4 is 33.0 Å². The quantitative estimate of drug-likeness (QED) is 0.786. The Morgan fingerprint density at radius 2 is 2.33 bits per heavy atom. The molecule has 8 nitrogen and oxygen atoms in total. The number of thiophene rings is 1. The Labute approximate surface area is 125 Å². The number of methoxy groups -OCH3 is 1. The molecule has 0 saturated heterocycles. The van der Waals surface area contributed by atoms with Crippen LogP contribution in [0.5, 0.6) is 0 Å². The van der Waals surface area contributed by atoms with Crippen LogP contribution in [-0.2, 0) is 21.3 Å². The van der Waals surface area contributed by atoms with Gasteiger partial charge in [-0.1, -0.05) is 0 Å². The van der Waals surface area contributed by atoms with Gasteiger partial charge in [0, 0.05) is 18.7 Å². The fourth-order valence-electron chi connectivity index (χ4n) is 1.51. The van der Waals surface area contributed by atoms with E-state index in [1.54, 1.807) is 7.11 Å². The van der Waals surface area contributed by atoms with E-state index >= 15 is 0 Å². The van der Waals surface area contributed by atoms with Crippen molar-refractivity contribution in [3.05, 3.63) is 28.7 Å². The lowest BCUT2D eigenvalue weighted by Gasteiger charge is -2.03. The zero-order valence-corrected chi connectivity index (χ0v) is 12.6. The van der Waals surface area contributed by atoms with E-state index in [1.807, 2.05) is 0 Å². The minimum absolute atomic E-state index is 0.0360. The Morgan fingerprint density at radius 3 is 2.95 bits per heavy atom. The molecular weight excluding hydrogens is 318 g/mol. The number of sulfonamides is 1. The van der Waals surface area contributed by atoms with Crippen LogP contribution in [-0.4, -0.2) is 43.0 Å². The average molecular weight is 331 g/mol. The summed E-state index contributed by atoms with van der Waals surface area (Å²) in [7, 11) is -2.26. The first-order valence-electron chi connectivity index (χ1n) is 5.78. The standard InChI is InChI=1S/C11H13N3O5S2/c1-19-3-2-14-6-8(5-12-14)13-21(17,18)9-4-10(11(15)16)20-7-9/h4-7,13H,2-3H2,1H3,(H,15,16). The summed E-state index contributed by atoms with van der Waals surface area (Å²) in [5.41, 5.74) is 0.300. The summed E-state index contributed by atoms with van der Waals surface area (Å²) in [6.07, 6.45) is 2.90. The second-order valence-corrected chi connectivity index (χ2v) is 6.64. The number of aromatic nitrogens is 2. The molecule has 10 heteroatoms. The predicted octanol–water partition coefficient (Wildman–Crippen LogP) is 1.09. The molecule has 2 heterocycles. The van der Waals surface area contributed by atoms with E-state index in [9.17, 15) is 13.2 Å². The SMILES string of the molecule is COCCn1cc(NS(=O)(=O)c2csc(C(=O)O)c2)cn1. The number of nitrogens with one attached hydrogen (secondary N) is 1. The topological polar surface area (TPSA) is 111 Å². The molecule has 2 aromatic heterocycles. The van der Waals surface area contributed by atoms with Gasteiger partial charge in [-0.3, -0.25) is 9.40 Å². The molecule has 0 fully saturated rings. The minimum atomic E-state index is -3.82.